The zero-order valence-corrected chi connectivity index (χ0v) is 23.0. The molecule has 2 atom stereocenters. The van der Waals surface area contributed by atoms with Gasteiger partial charge in [0, 0.05) is 41.0 Å². The van der Waals surface area contributed by atoms with Crippen LogP contribution in [0.3, 0.4) is 0 Å². The smallest absolute Gasteiger partial charge is 0.337 e. The maximum atomic E-state index is 13.8. The number of methoxy groups -OCH3 is 2. The van der Waals surface area contributed by atoms with Crippen LogP contribution in [0.5, 0.6) is 5.75 Å². The van der Waals surface area contributed by atoms with Crippen LogP contribution in [0, 0.1) is 0 Å². The van der Waals surface area contributed by atoms with Gasteiger partial charge in [-0.15, -0.1) is 0 Å². The fourth-order valence-electron chi connectivity index (χ4n) is 5.21. The standard InChI is InChI=1S/C30H33NO6S/c1-5-38-15-14-37-30(34)26-18(2)31-23-16-21(22-8-6-7-9-25(22)35-3)17-24(32)28(23)27(26)19-10-12-20(13-11-19)29(33)36-4/h6-13,21,27,31H,5,14-17H2,1-4H3/t21-,27-/m1/s1. The number of esters is 2. The lowest BCUT2D eigenvalue weighted by Crippen LogP contribution is -2.36. The zero-order valence-electron chi connectivity index (χ0n) is 22.2. The molecule has 0 unspecified atom stereocenters. The first-order chi connectivity index (χ1) is 18.4. The first kappa shape index (κ1) is 27.5. The summed E-state index contributed by atoms with van der Waals surface area (Å²) < 4.78 is 16.0. The van der Waals surface area contributed by atoms with Gasteiger partial charge in [-0.1, -0.05) is 37.3 Å². The number of dihydropyridines is 1. The number of allylic oxidation sites excluding steroid dienone is 3. The lowest BCUT2D eigenvalue weighted by Gasteiger charge is -2.37. The number of hydrogen-bond acceptors (Lipinski definition) is 8. The molecular formula is C30H33NO6S. The minimum absolute atomic E-state index is 0.0314. The van der Waals surface area contributed by atoms with Gasteiger partial charge in [-0.2, -0.15) is 11.8 Å². The number of Topliss-reactive ketones (excluding diaryl/α,β-unsaturated/α-hetero) is 1. The Hall–Kier alpha value is -3.52. The molecule has 200 valence electrons. The molecule has 1 N–H and O–H groups in total. The van der Waals surface area contributed by atoms with E-state index in [4.69, 9.17) is 14.2 Å². The molecule has 0 radical (unpaired) electrons. The van der Waals surface area contributed by atoms with Crippen LogP contribution < -0.4 is 10.1 Å². The molecule has 1 heterocycles. The van der Waals surface area contributed by atoms with E-state index >= 15 is 0 Å². The van der Waals surface area contributed by atoms with E-state index in [0.29, 0.717) is 41.0 Å². The molecule has 0 aromatic heterocycles. The summed E-state index contributed by atoms with van der Waals surface area (Å²) in [6.07, 6.45) is 0.900. The van der Waals surface area contributed by atoms with E-state index in [2.05, 4.69) is 12.2 Å². The second-order valence-electron chi connectivity index (χ2n) is 9.21. The molecule has 7 nitrogen and oxygen atoms in total. The van der Waals surface area contributed by atoms with Crippen molar-refractivity contribution in [3.8, 4) is 5.75 Å². The first-order valence-corrected chi connectivity index (χ1v) is 13.8. The van der Waals surface area contributed by atoms with Crippen molar-refractivity contribution in [1.29, 1.82) is 0 Å². The summed E-state index contributed by atoms with van der Waals surface area (Å²) in [6, 6.07) is 14.6. The van der Waals surface area contributed by atoms with Crippen LogP contribution in [0.2, 0.25) is 0 Å². The van der Waals surface area contributed by atoms with Crippen molar-refractivity contribution in [3.63, 3.8) is 0 Å². The molecule has 0 saturated carbocycles. The highest BCUT2D eigenvalue weighted by Gasteiger charge is 2.41. The van der Waals surface area contributed by atoms with Crippen LogP contribution in [-0.2, 0) is 19.1 Å². The van der Waals surface area contributed by atoms with Gasteiger partial charge in [0.1, 0.15) is 12.4 Å². The molecule has 2 aliphatic rings. The maximum absolute atomic E-state index is 13.8. The van der Waals surface area contributed by atoms with E-state index in [0.717, 1.165) is 28.3 Å². The molecule has 38 heavy (non-hydrogen) atoms. The van der Waals surface area contributed by atoms with Crippen LogP contribution in [0.1, 0.15) is 60.0 Å². The average molecular weight is 536 g/mol. The number of ether oxygens (including phenoxy) is 3. The number of carbonyl (C=O) groups excluding carboxylic acids is 3. The largest absolute Gasteiger partial charge is 0.496 e. The summed E-state index contributed by atoms with van der Waals surface area (Å²) >= 11 is 1.69. The monoisotopic (exact) mass is 535 g/mol. The fourth-order valence-corrected chi connectivity index (χ4v) is 5.70. The molecule has 1 aliphatic heterocycles. The fraction of sp³-hybridized carbons (Fsp3) is 0.367. The third-order valence-electron chi connectivity index (χ3n) is 6.96. The Kier molecular flexibility index (Phi) is 8.94. The number of benzene rings is 2. The number of ketones is 1. The third-order valence-corrected chi connectivity index (χ3v) is 7.82. The molecular weight excluding hydrogens is 502 g/mol. The number of carbonyl (C=O) groups is 3. The first-order valence-electron chi connectivity index (χ1n) is 12.7. The van der Waals surface area contributed by atoms with Crippen molar-refractivity contribution in [1.82, 2.24) is 5.32 Å². The molecule has 0 fully saturated rings. The zero-order chi connectivity index (χ0) is 27.2. The summed E-state index contributed by atoms with van der Waals surface area (Å²) in [5, 5.41) is 3.37. The van der Waals surface area contributed by atoms with Crippen LogP contribution in [0.15, 0.2) is 71.1 Å². The Balaban J connectivity index is 1.74. The Morgan fingerprint density at radius 3 is 2.45 bits per heavy atom. The van der Waals surface area contributed by atoms with E-state index < -0.39 is 17.9 Å². The van der Waals surface area contributed by atoms with Gasteiger partial charge in [0.2, 0.25) is 0 Å². The van der Waals surface area contributed by atoms with Crippen molar-refractivity contribution in [3.05, 3.63) is 87.8 Å². The van der Waals surface area contributed by atoms with Crippen molar-refractivity contribution in [2.75, 3.05) is 32.3 Å². The van der Waals surface area contributed by atoms with E-state index in [1.54, 1.807) is 43.1 Å². The molecule has 8 heteroatoms. The van der Waals surface area contributed by atoms with Crippen LogP contribution in [0.4, 0.5) is 0 Å². The maximum Gasteiger partial charge on any atom is 0.337 e. The second kappa shape index (κ2) is 12.3. The van der Waals surface area contributed by atoms with E-state index in [1.165, 1.54) is 7.11 Å². The highest BCUT2D eigenvalue weighted by atomic mass is 32.2. The molecule has 0 bridgehead atoms. The summed E-state index contributed by atoms with van der Waals surface area (Å²) in [6.45, 7) is 4.19. The minimum atomic E-state index is -0.601. The van der Waals surface area contributed by atoms with Crippen LogP contribution in [-0.4, -0.2) is 50.1 Å². The predicted octanol–water partition coefficient (Wildman–Crippen LogP) is 5.14. The highest BCUT2D eigenvalue weighted by molar-refractivity contribution is 7.99. The number of thioether (sulfide) groups is 1. The summed E-state index contributed by atoms with van der Waals surface area (Å²) in [7, 11) is 2.96. The van der Waals surface area contributed by atoms with Gasteiger partial charge in [0.05, 0.1) is 25.4 Å². The van der Waals surface area contributed by atoms with Gasteiger partial charge in [-0.05, 0) is 48.4 Å². The van der Waals surface area contributed by atoms with Crippen molar-refractivity contribution >= 4 is 29.5 Å². The van der Waals surface area contributed by atoms with Gasteiger partial charge in [-0.25, -0.2) is 9.59 Å². The van der Waals surface area contributed by atoms with E-state index in [1.807, 2.05) is 31.2 Å². The molecule has 0 spiro atoms. The summed E-state index contributed by atoms with van der Waals surface area (Å²) in [4.78, 5) is 39.2. The van der Waals surface area contributed by atoms with Crippen molar-refractivity contribution in [2.45, 2.75) is 38.5 Å². The molecule has 2 aromatic carbocycles. The van der Waals surface area contributed by atoms with Gasteiger partial charge in [0.15, 0.2) is 5.78 Å². The summed E-state index contributed by atoms with van der Waals surface area (Å²) in [5.74, 6) is 0.810. The SMILES string of the molecule is CCSCCOC(=O)C1=C(C)NC2=C(C(=O)C[C@H](c3ccccc3OC)C2)[C@@H]1c1ccc(C(=O)OC)cc1. The topological polar surface area (TPSA) is 90.9 Å². The third kappa shape index (κ3) is 5.65. The van der Waals surface area contributed by atoms with Gasteiger partial charge in [-0.3, -0.25) is 4.79 Å². The molecule has 0 amide bonds. The number of para-hydroxylation sites is 1. The Morgan fingerprint density at radius 1 is 1.03 bits per heavy atom. The Bertz CT molecular complexity index is 1280. The van der Waals surface area contributed by atoms with E-state index in [-0.39, 0.29) is 18.3 Å². The molecule has 4 rings (SSSR count). The molecule has 1 aliphatic carbocycles. The number of rotatable bonds is 9. The Morgan fingerprint density at radius 2 is 1.76 bits per heavy atom. The highest BCUT2D eigenvalue weighted by Crippen LogP contribution is 2.46. The van der Waals surface area contributed by atoms with Crippen LogP contribution >= 0.6 is 11.8 Å². The minimum Gasteiger partial charge on any atom is -0.496 e. The lowest BCUT2D eigenvalue weighted by atomic mass is 9.71. The average Bonchev–Trinajstić information content (AvgIpc) is 2.94. The normalized spacial score (nSPS) is 19.0. The van der Waals surface area contributed by atoms with E-state index in [9.17, 15) is 14.4 Å². The van der Waals surface area contributed by atoms with Gasteiger partial charge in [0.25, 0.3) is 0 Å². The number of hydrogen-bond donors (Lipinski definition) is 1. The van der Waals surface area contributed by atoms with Crippen molar-refractivity contribution in [2.24, 2.45) is 0 Å². The number of nitrogens with one attached hydrogen (secondary N) is 1. The van der Waals surface area contributed by atoms with Gasteiger partial charge < -0.3 is 19.5 Å². The molecule has 2 aromatic rings. The van der Waals surface area contributed by atoms with Crippen molar-refractivity contribution < 1.29 is 28.6 Å². The predicted molar refractivity (Wildman–Crippen MR) is 147 cm³/mol. The Labute approximate surface area is 227 Å². The summed E-state index contributed by atoms with van der Waals surface area (Å²) in [5.41, 5.74) is 4.57. The van der Waals surface area contributed by atoms with Gasteiger partial charge >= 0.3 is 11.9 Å². The quantitative estimate of drug-likeness (QED) is 0.349. The molecule has 0 saturated heterocycles. The lowest BCUT2D eigenvalue weighted by molar-refractivity contribution is -0.138. The van der Waals surface area contributed by atoms with Crippen LogP contribution in [0.25, 0.3) is 0 Å². The second-order valence-corrected chi connectivity index (χ2v) is 10.6.